The zero-order valence-electron chi connectivity index (χ0n) is 25.1. The lowest BCUT2D eigenvalue weighted by Crippen LogP contribution is -2.48. The second kappa shape index (κ2) is 15.0. The van der Waals surface area contributed by atoms with Gasteiger partial charge in [0.2, 0.25) is 10.0 Å². The number of ether oxygens (including phenoxy) is 1. The molecule has 230 valence electrons. The first-order chi connectivity index (χ1) is 20.6. The van der Waals surface area contributed by atoms with Gasteiger partial charge in [-0.15, -0.1) is 6.58 Å². The van der Waals surface area contributed by atoms with Crippen molar-refractivity contribution in [1.82, 2.24) is 14.1 Å². The molecule has 1 atom stereocenters. The van der Waals surface area contributed by atoms with Gasteiger partial charge in [-0.05, 0) is 61.2 Å². The molecule has 0 aliphatic carbocycles. The van der Waals surface area contributed by atoms with Crippen LogP contribution in [0.15, 0.2) is 102 Å². The zero-order chi connectivity index (χ0) is 30.9. The van der Waals surface area contributed by atoms with E-state index in [0.717, 1.165) is 50.0 Å². The first-order valence-electron chi connectivity index (χ1n) is 14.7. The Morgan fingerprint density at radius 1 is 1.05 bits per heavy atom. The molecule has 1 fully saturated rings. The van der Waals surface area contributed by atoms with E-state index < -0.39 is 15.4 Å². The third-order valence-corrected chi connectivity index (χ3v) is 10.3. The largest absolute Gasteiger partial charge is 0.445 e. The van der Waals surface area contributed by atoms with Crippen LogP contribution in [0.1, 0.15) is 37.3 Å². The van der Waals surface area contributed by atoms with E-state index in [1.54, 1.807) is 42.3 Å². The fourth-order valence-corrected chi connectivity index (χ4v) is 7.21. The number of rotatable bonds is 13. The topological polar surface area (TPSA) is 70.2 Å². The number of sulfonamides is 1. The molecule has 1 amide bonds. The average molecular weight is 624 g/mol. The average Bonchev–Trinajstić information content (AvgIpc) is 3.02. The SMILES string of the molecule is C=CCN(C(=O)OCc1ccccc1)C1CCN(CCC(C)(CN(C)S(=O)(=O)c2ccccc2)c2cccc(Cl)c2)CC1. The number of likely N-dealkylation sites (tertiary alicyclic amines) is 1. The van der Waals surface area contributed by atoms with E-state index in [2.05, 4.69) is 18.4 Å². The molecule has 0 saturated carbocycles. The smallest absolute Gasteiger partial charge is 0.410 e. The minimum Gasteiger partial charge on any atom is -0.445 e. The van der Waals surface area contributed by atoms with Crippen LogP contribution in [0, 0.1) is 0 Å². The summed E-state index contributed by atoms with van der Waals surface area (Å²) in [6, 6.07) is 26.0. The Morgan fingerprint density at radius 3 is 2.33 bits per heavy atom. The molecular weight excluding hydrogens is 582 g/mol. The van der Waals surface area contributed by atoms with Gasteiger partial charge in [0, 0.05) is 49.7 Å². The number of hydrogen-bond acceptors (Lipinski definition) is 5. The number of nitrogens with zero attached hydrogens (tertiary/aromatic N) is 3. The highest BCUT2D eigenvalue weighted by molar-refractivity contribution is 7.89. The summed E-state index contributed by atoms with van der Waals surface area (Å²) in [6.45, 7) is 9.38. The van der Waals surface area contributed by atoms with E-state index in [1.807, 2.05) is 60.7 Å². The van der Waals surface area contributed by atoms with Gasteiger partial charge in [-0.1, -0.05) is 85.3 Å². The number of halogens is 1. The molecule has 4 rings (SSSR count). The van der Waals surface area contributed by atoms with E-state index in [-0.39, 0.29) is 23.6 Å². The van der Waals surface area contributed by atoms with Crippen LogP contribution in [0.25, 0.3) is 0 Å². The molecule has 43 heavy (non-hydrogen) atoms. The Hall–Kier alpha value is -3.17. The highest BCUT2D eigenvalue weighted by atomic mass is 35.5. The van der Waals surface area contributed by atoms with Crippen molar-refractivity contribution in [2.75, 3.05) is 39.8 Å². The summed E-state index contributed by atoms with van der Waals surface area (Å²) in [6.07, 6.45) is 3.81. The summed E-state index contributed by atoms with van der Waals surface area (Å²) in [5.41, 5.74) is 1.48. The second-order valence-electron chi connectivity index (χ2n) is 11.4. The van der Waals surface area contributed by atoms with Gasteiger partial charge in [-0.25, -0.2) is 17.5 Å². The first-order valence-corrected chi connectivity index (χ1v) is 16.5. The van der Waals surface area contributed by atoms with Crippen LogP contribution in [0.4, 0.5) is 4.79 Å². The maximum absolute atomic E-state index is 13.4. The van der Waals surface area contributed by atoms with Crippen LogP contribution < -0.4 is 0 Å². The van der Waals surface area contributed by atoms with E-state index in [0.29, 0.717) is 18.1 Å². The van der Waals surface area contributed by atoms with E-state index in [9.17, 15) is 13.2 Å². The van der Waals surface area contributed by atoms with Crippen molar-refractivity contribution in [1.29, 1.82) is 0 Å². The number of carbonyl (C=O) groups excluding carboxylic acids is 1. The normalized spacial score (nSPS) is 16.0. The summed E-state index contributed by atoms with van der Waals surface area (Å²) < 4.78 is 33.9. The summed E-state index contributed by atoms with van der Waals surface area (Å²) in [5.74, 6) is 0. The molecule has 0 N–H and O–H groups in total. The van der Waals surface area contributed by atoms with Crippen LogP contribution in [-0.2, 0) is 26.8 Å². The minimum atomic E-state index is -3.66. The lowest BCUT2D eigenvalue weighted by Gasteiger charge is -2.40. The van der Waals surface area contributed by atoms with Crippen LogP contribution >= 0.6 is 11.6 Å². The van der Waals surface area contributed by atoms with Crippen molar-refractivity contribution in [2.45, 2.75) is 49.1 Å². The van der Waals surface area contributed by atoms with E-state index >= 15 is 0 Å². The molecule has 9 heteroatoms. The molecule has 1 aliphatic heterocycles. The molecule has 1 saturated heterocycles. The van der Waals surface area contributed by atoms with Gasteiger partial charge in [-0.3, -0.25) is 0 Å². The lowest BCUT2D eigenvalue weighted by molar-refractivity contribution is 0.0647. The lowest BCUT2D eigenvalue weighted by atomic mass is 9.79. The Kier molecular flexibility index (Phi) is 11.4. The molecule has 1 aliphatic rings. The third kappa shape index (κ3) is 8.70. The van der Waals surface area contributed by atoms with Crippen molar-refractivity contribution in [3.8, 4) is 0 Å². The molecule has 3 aromatic rings. The molecule has 3 aromatic carbocycles. The standard InChI is InChI=1S/C34H42ClN3O4S/c1-4-21-38(33(39)42-26-28-12-7-5-8-13-28)31-18-22-37(23-19-31)24-20-34(2,29-14-11-15-30(35)25-29)27-36(3)43(40,41)32-16-9-6-10-17-32/h4-17,25,31H,1,18-24,26-27H2,2-3H3. The quantitative estimate of drug-likeness (QED) is 0.201. The summed E-state index contributed by atoms with van der Waals surface area (Å²) in [5, 5.41) is 0.625. The number of carbonyl (C=O) groups is 1. The molecule has 0 aromatic heterocycles. The molecule has 0 bridgehead atoms. The number of likely N-dealkylation sites (N-methyl/N-ethyl adjacent to an activating group) is 1. The number of piperidine rings is 1. The molecule has 1 unspecified atom stereocenters. The number of hydrogen-bond donors (Lipinski definition) is 0. The maximum Gasteiger partial charge on any atom is 0.410 e. The predicted octanol–water partition coefficient (Wildman–Crippen LogP) is 6.60. The fourth-order valence-electron chi connectivity index (χ4n) is 5.70. The number of benzene rings is 3. The monoisotopic (exact) mass is 623 g/mol. The second-order valence-corrected chi connectivity index (χ2v) is 13.9. The molecular formula is C34H42ClN3O4S. The first kappa shape index (κ1) is 32.7. The Morgan fingerprint density at radius 2 is 1.70 bits per heavy atom. The van der Waals surface area contributed by atoms with E-state index in [1.165, 1.54) is 4.31 Å². The highest BCUT2D eigenvalue weighted by Gasteiger charge is 2.35. The Balaban J connectivity index is 1.39. The van der Waals surface area contributed by atoms with Crippen LogP contribution in [0.2, 0.25) is 5.02 Å². The Bertz CT molecular complexity index is 1450. The minimum absolute atomic E-state index is 0.0685. The van der Waals surface area contributed by atoms with Gasteiger partial charge in [0.1, 0.15) is 6.61 Å². The third-order valence-electron chi connectivity index (χ3n) is 8.29. The van der Waals surface area contributed by atoms with Gasteiger partial charge in [0.15, 0.2) is 0 Å². The van der Waals surface area contributed by atoms with Crippen molar-refractivity contribution >= 4 is 27.7 Å². The van der Waals surface area contributed by atoms with Gasteiger partial charge in [0.05, 0.1) is 4.90 Å². The van der Waals surface area contributed by atoms with Crippen molar-refractivity contribution in [3.63, 3.8) is 0 Å². The summed E-state index contributed by atoms with van der Waals surface area (Å²) >= 11 is 6.38. The van der Waals surface area contributed by atoms with E-state index in [4.69, 9.17) is 16.3 Å². The summed E-state index contributed by atoms with van der Waals surface area (Å²) in [7, 11) is -2.02. The van der Waals surface area contributed by atoms with Crippen molar-refractivity contribution in [3.05, 3.63) is 114 Å². The van der Waals surface area contributed by atoms with Gasteiger partial charge >= 0.3 is 6.09 Å². The fraction of sp³-hybridized carbons (Fsp3) is 0.382. The Labute approximate surface area is 261 Å². The summed E-state index contributed by atoms with van der Waals surface area (Å²) in [4.78, 5) is 17.4. The van der Waals surface area contributed by atoms with Crippen LogP contribution in [0.5, 0.6) is 0 Å². The predicted molar refractivity (Wildman–Crippen MR) is 173 cm³/mol. The molecule has 7 nitrogen and oxygen atoms in total. The van der Waals surface area contributed by atoms with Gasteiger partial charge in [-0.2, -0.15) is 0 Å². The molecule has 0 radical (unpaired) electrons. The van der Waals surface area contributed by atoms with Gasteiger partial charge in [0.25, 0.3) is 0 Å². The zero-order valence-corrected chi connectivity index (χ0v) is 26.6. The molecule has 0 spiro atoms. The maximum atomic E-state index is 13.4. The van der Waals surface area contributed by atoms with Gasteiger partial charge < -0.3 is 14.5 Å². The van der Waals surface area contributed by atoms with Crippen LogP contribution in [0.3, 0.4) is 0 Å². The number of amides is 1. The van der Waals surface area contributed by atoms with Crippen molar-refractivity contribution < 1.29 is 17.9 Å². The van der Waals surface area contributed by atoms with Crippen LogP contribution in [-0.4, -0.2) is 74.4 Å². The highest BCUT2D eigenvalue weighted by Crippen LogP contribution is 2.33. The molecule has 1 heterocycles. The van der Waals surface area contributed by atoms with Crippen molar-refractivity contribution in [2.24, 2.45) is 0 Å².